The van der Waals surface area contributed by atoms with Crippen LogP contribution in [0.2, 0.25) is 0 Å². The van der Waals surface area contributed by atoms with Crippen LogP contribution in [-0.2, 0) is 6.54 Å². The lowest BCUT2D eigenvalue weighted by atomic mass is 9.97. The van der Waals surface area contributed by atoms with Gasteiger partial charge in [0.2, 0.25) is 5.88 Å². The molecule has 0 aliphatic heterocycles. The van der Waals surface area contributed by atoms with Crippen LogP contribution in [0.15, 0.2) is 45.7 Å². The standard InChI is InChI=1S/C21H26N4O2S/c1-24(2)17-10-8-16(9-11-17)22-14-18-19(26)23-21(28)25(20(18)27)13-12-15-6-4-3-5-7-15/h6,8-11,14,27H,3-5,7,12-13H2,1-2H3,(H,23,26,28). The van der Waals surface area contributed by atoms with Gasteiger partial charge in [0.15, 0.2) is 4.77 Å². The van der Waals surface area contributed by atoms with Crippen molar-refractivity contribution in [2.24, 2.45) is 4.99 Å². The van der Waals surface area contributed by atoms with Crippen LogP contribution < -0.4 is 10.5 Å². The van der Waals surface area contributed by atoms with Crippen molar-refractivity contribution in [2.45, 2.75) is 38.6 Å². The van der Waals surface area contributed by atoms with Gasteiger partial charge in [0.05, 0.1) is 5.69 Å². The number of nitrogens with one attached hydrogen (secondary N) is 1. The van der Waals surface area contributed by atoms with Crippen molar-refractivity contribution in [2.75, 3.05) is 19.0 Å². The second-order valence-corrected chi connectivity index (χ2v) is 7.56. The van der Waals surface area contributed by atoms with Crippen molar-refractivity contribution < 1.29 is 5.11 Å². The zero-order chi connectivity index (χ0) is 20.1. The number of aromatic nitrogens is 2. The maximum Gasteiger partial charge on any atom is 0.264 e. The molecule has 0 spiro atoms. The second kappa shape index (κ2) is 9.01. The van der Waals surface area contributed by atoms with E-state index in [1.807, 2.05) is 43.3 Å². The Morgan fingerprint density at radius 3 is 2.68 bits per heavy atom. The first-order valence-corrected chi connectivity index (χ1v) is 9.92. The minimum absolute atomic E-state index is 0.114. The Labute approximate surface area is 169 Å². The van der Waals surface area contributed by atoms with Crippen molar-refractivity contribution in [3.8, 4) is 5.88 Å². The molecule has 1 heterocycles. The number of anilines is 1. The number of benzene rings is 1. The van der Waals surface area contributed by atoms with Crippen LogP contribution in [0, 0.1) is 4.77 Å². The molecule has 2 aromatic rings. The fourth-order valence-electron chi connectivity index (χ4n) is 3.26. The summed E-state index contributed by atoms with van der Waals surface area (Å²) in [5.41, 5.74) is 2.82. The number of rotatable bonds is 6. The van der Waals surface area contributed by atoms with Gasteiger partial charge in [-0.1, -0.05) is 11.6 Å². The predicted molar refractivity (Wildman–Crippen MR) is 117 cm³/mol. The molecule has 3 rings (SSSR count). The van der Waals surface area contributed by atoms with E-state index >= 15 is 0 Å². The summed E-state index contributed by atoms with van der Waals surface area (Å²) in [4.78, 5) is 21.3. The third kappa shape index (κ3) is 4.78. The number of allylic oxidation sites excluding steroid dienone is 2. The molecule has 0 saturated carbocycles. The van der Waals surface area contributed by atoms with Gasteiger partial charge in [-0.3, -0.25) is 19.3 Å². The molecule has 2 N–H and O–H groups in total. The van der Waals surface area contributed by atoms with E-state index in [4.69, 9.17) is 12.2 Å². The molecule has 28 heavy (non-hydrogen) atoms. The zero-order valence-corrected chi connectivity index (χ0v) is 17.1. The zero-order valence-electron chi connectivity index (χ0n) is 16.3. The highest BCUT2D eigenvalue weighted by Crippen LogP contribution is 2.23. The maximum atomic E-state index is 12.3. The van der Waals surface area contributed by atoms with Gasteiger partial charge < -0.3 is 10.0 Å². The SMILES string of the molecule is CN(C)c1ccc(N=Cc2c(O)n(CCC3=CCCCC3)c(=S)[nH]c2=O)cc1. The van der Waals surface area contributed by atoms with Crippen molar-refractivity contribution in [1.82, 2.24) is 9.55 Å². The Hall–Kier alpha value is -2.67. The number of nitrogens with zero attached hydrogens (tertiary/aromatic N) is 3. The molecule has 0 radical (unpaired) electrons. The lowest BCUT2D eigenvalue weighted by molar-refractivity contribution is 0.402. The molecule has 1 aromatic heterocycles. The summed E-state index contributed by atoms with van der Waals surface area (Å²) in [6.45, 7) is 0.533. The fourth-order valence-corrected chi connectivity index (χ4v) is 3.53. The molecule has 1 aromatic carbocycles. The van der Waals surface area contributed by atoms with Crippen LogP contribution in [-0.4, -0.2) is 35.0 Å². The van der Waals surface area contributed by atoms with Crippen LogP contribution in [0.5, 0.6) is 5.88 Å². The molecular formula is C21H26N4O2S. The number of H-pyrrole nitrogens is 1. The highest BCUT2D eigenvalue weighted by Gasteiger charge is 2.12. The van der Waals surface area contributed by atoms with Crippen LogP contribution in [0.3, 0.4) is 0 Å². The van der Waals surface area contributed by atoms with Crippen molar-refractivity contribution in [1.29, 1.82) is 0 Å². The first-order chi connectivity index (χ1) is 13.5. The maximum absolute atomic E-state index is 12.3. The van der Waals surface area contributed by atoms with E-state index in [0.717, 1.165) is 24.9 Å². The van der Waals surface area contributed by atoms with E-state index in [0.29, 0.717) is 12.2 Å². The van der Waals surface area contributed by atoms with Crippen LogP contribution >= 0.6 is 12.2 Å². The minimum atomic E-state index is -0.440. The largest absolute Gasteiger partial charge is 0.494 e. The topological polar surface area (TPSA) is 73.6 Å². The van der Waals surface area contributed by atoms with E-state index in [-0.39, 0.29) is 16.2 Å². The summed E-state index contributed by atoms with van der Waals surface area (Å²) in [7, 11) is 3.93. The highest BCUT2D eigenvalue weighted by molar-refractivity contribution is 7.71. The molecule has 1 aliphatic carbocycles. The van der Waals surface area contributed by atoms with Gasteiger partial charge in [-0.05, 0) is 68.6 Å². The lowest BCUT2D eigenvalue weighted by Crippen LogP contribution is -2.19. The summed E-state index contributed by atoms with van der Waals surface area (Å²) in [6, 6.07) is 7.62. The Bertz CT molecular complexity index is 1000. The van der Waals surface area contributed by atoms with E-state index in [2.05, 4.69) is 16.1 Å². The van der Waals surface area contributed by atoms with Gasteiger partial charge in [-0.15, -0.1) is 0 Å². The number of hydrogen-bond acceptors (Lipinski definition) is 5. The average Bonchev–Trinajstić information content (AvgIpc) is 2.68. The van der Waals surface area contributed by atoms with Gasteiger partial charge in [-0.25, -0.2) is 0 Å². The Morgan fingerprint density at radius 1 is 1.29 bits per heavy atom. The molecule has 0 amide bonds. The Morgan fingerprint density at radius 2 is 2.04 bits per heavy atom. The number of aliphatic imine (C=N–C) groups is 1. The summed E-state index contributed by atoms with van der Waals surface area (Å²) in [6.07, 6.45) is 9.13. The summed E-state index contributed by atoms with van der Waals surface area (Å²) < 4.78 is 1.80. The van der Waals surface area contributed by atoms with Gasteiger partial charge >= 0.3 is 0 Å². The van der Waals surface area contributed by atoms with Crippen LogP contribution in [0.25, 0.3) is 0 Å². The van der Waals surface area contributed by atoms with E-state index in [9.17, 15) is 9.90 Å². The Balaban J connectivity index is 1.83. The van der Waals surface area contributed by atoms with E-state index in [1.165, 1.54) is 24.6 Å². The summed E-state index contributed by atoms with van der Waals surface area (Å²) >= 11 is 5.25. The number of hydrogen-bond donors (Lipinski definition) is 2. The molecule has 0 saturated heterocycles. The first kappa shape index (κ1) is 20.1. The molecule has 148 valence electrons. The number of aromatic hydroxyl groups is 1. The quantitative estimate of drug-likeness (QED) is 0.432. The van der Waals surface area contributed by atoms with E-state index < -0.39 is 5.56 Å². The first-order valence-electron chi connectivity index (χ1n) is 9.51. The number of aromatic amines is 1. The molecule has 7 heteroatoms. The molecule has 0 atom stereocenters. The highest BCUT2D eigenvalue weighted by atomic mass is 32.1. The second-order valence-electron chi connectivity index (χ2n) is 7.18. The van der Waals surface area contributed by atoms with Crippen LogP contribution in [0.4, 0.5) is 11.4 Å². The van der Waals surface area contributed by atoms with Gasteiger partial charge in [-0.2, -0.15) is 0 Å². The predicted octanol–water partition coefficient (Wildman–Crippen LogP) is 4.32. The van der Waals surface area contributed by atoms with Crippen molar-refractivity contribution in [3.05, 3.63) is 56.6 Å². The third-order valence-electron chi connectivity index (χ3n) is 4.96. The normalized spacial score (nSPS) is 14.3. The lowest BCUT2D eigenvalue weighted by Gasteiger charge is -2.15. The smallest absolute Gasteiger partial charge is 0.264 e. The van der Waals surface area contributed by atoms with Crippen molar-refractivity contribution in [3.63, 3.8) is 0 Å². The monoisotopic (exact) mass is 398 g/mol. The summed E-state index contributed by atoms with van der Waals surface area (Å²) in [5, 5.41) is 10.6. The fraction of sp³-hybridized carbons (Fsp3) is 0.381. The van der Waals surface area contributed by atoms with Gasteiger partial charge in [0.1, 0.15) is 5.56 Å². The van der Waals surface area contributed by atoms with Gasteiger partial charge in [0, 0.05) is 32.5 Å². The molecule has 0 bridgehead atoms. The molecule has 0 fully saturated rings. The molecule has 0 unspecified atom stereocenters. The van der Waals surface area contributed by atoms with Crippen LogP contribution in [0.1, 0.15) is 37.7 Å². The minimum Gasteiger partial charge on any atom is -0.494 e. The molecular weight excluding hydrogens is 372 g/mol. The van der Waals surface area contributed by atoms with E-state index in [1.54, 1.807) is 4.57 Å². The van der Waals surface area contributed by atoms with Gasteiger partial charge in [0.25, 0.3) is 5.56 Å². The molecule has 1 aliphatic rings. The third-order valence-corrected chi connectivity index (χ3v) is 5.28. The average molecular weight is 399 g/mol. The van der Waals surface area contributed by atoms with Crippen molar-refractivity contribution >= 4 is 29.8 Å². The molecule has 6 nitrogen and oxygen atoms in total. The Kier molecular flexibility index (Phi) is 6.46. The summed E-state index contributed by atoms with van der Waals surface area (Å²) in [5.74, 6) is -0.140.